The van der Waals surface area contributed by atoms with Crippen LogP contribution in [0.1, 0.15) is 22.8 Å². The lowest BCUT2D eigenvalue weighted by Gasteiger charge is -2.27. The molecule has 65 heavy (non-hydrogen) atoms. The number of rotatable bonds is 4. The maximum atomic E-state index is 16.8. The summed E-state index contributed by atoms with van der Waals surface area (Å²) in [4.78, 5) is 16.0. The maximum absolute atomic E-state index is 16.8. The second-order valence-electron chi connectivity index (χ2n) is 15.0. The van der Waals surface area contributed by atoms with Crippen LogP contribution in [0.5, 0.6) is 0 Å². The first-order chi connectivity index (χ1) is 30.8. The quantitative estimate of drug-likeness (QED) is 0.173. The minimum absolute atomic E-state index is 0.108. The summed E-state index contributed by atoms with van der Waals surface area (Å²) in [6.45, 7) is 0. The second kappa shape index (κ2) is 15.7. The summed E-state index contributed by atoms with van der Waals surface area (Å²) in [6, 6.07) is 24.3. The molecule has 0 fully saturated rings. The lowest BCUT2D eigenvalue weighted by molar-refractivity contribution is -0.254. The molecule has 18 heteroatoms. The van der Waals surface area contributed by atoms with E-state index in [9.17, 15) is 0 Å². The standard InChI is InChI=1S/C47H20Cl8F6N4/c48-19-5-1-6-20(49)33(19)37-27-13-14-28(62-27)38(34-21(50)7-2-8-22(34)51)30-16-18-32(64-30)40(36-25(54)11-4-12-26(36)55)44-42-41(45(56,57)47(60,61)46(42,58)59)43(65-44)39(31-17-15-29(37)63-31)35-23(52)9-3-10-24(35)53/h1-18,62-63H. The van der Waals surface area contributed by atoms with E-state index >= 15 is 26.3 Å². The molecule has 2 aliphatic heterocycles. The fraction of sp³-hybridized carbons (Fsp3) is 0.0638. The highest BCUT2D eigenvalue weighted by Gasteiger charge is 2.82. The summed E-state index contributed by atoms with van der Waals surface area (Å²) in [5.74, 6) is -17.1. The zero-order chi connectivity index (χ0) is 46.1. The molecule has 4 nitrogen and oxygen atoms in total. The first kappa shape index (κ1) is 44.2. The van der Waals surface area contributed by atoms with Crippen molar-refractivity contribution in [2.75, 3.05) is 0 Å². The largest absolute Gasteiger partial charge is 0.380 e. The van der Waals surface area contributed by atoms with E-state index in [1.165, 1.54) is 60.7 Å². The lowest BCUT2D eigenvalue weighted by atomic mass is 9.94. The van der Waals surface area contributed by atoms with Crippen LogP contribution >= 0.6 is 92.8 Å². The molecule has 0 unspecified atom stereocenters. The molecular formula is C47H20Cl8F6N4. The van der Waals surface area contributed by atoms with Crippen molar-refractivity contribution < 1.29 is 26.3 Å². The molecule has 1 aliphatic carbocycles. The van der Waals surface area contributed by atoms with Crippen LogP contribution < -0.4 is 0 Å². The normalized spacial score (nSPS) is 15.8. The highest BCUT2D eigenvalue weighted by Crippen LogP contribution is 2.68. The molecule has 0 amide bonds. The molecule has 0 saturated heterocycles. The predicted molar refractivity (Wildman–Crippen MR) is 253 cm³/mol. The number of alkyl halides is 6. The molecule has 3 aromatic heterocycles. The number of hydrogen-bond donors (Lipinski definition) is 2. The van der Waals surface area contributed by atoms with E-state index in [0.29, 0.717) is 22.2 Å². The Morgan fingerprint density at radius 2 is 0.631 bits per heavy atom. The molecule has 3 aliphatic rings. The van der Waals surface area contributed by atoms with Gasteiger partial charge in [-0.3, -0.25) is 0 Å². The number of benzene rings is 4. The number of halogens is 14. The van der Waals surface area contributed by atoms with Crippen molar-refractivity contribution in [3.05, 3.63) is 160 Å². The summed E-state index contributed by atoms with van der Waals surface area (Å²) in [5.41, 5.74) is -5.02. The first-order valence-corrected chi connectivity index (χ1v) is 22.0. The average molecular weight is 1040 g/mol. The Hall–Kier alpha value is -4.62. The molecule has 0 radical (unpaired) electrons. The number of aromatic nitrogens is 4. The number of fused-ring (bicyclic) bond motifs is 10. The molecule has 5 heterocycles. The van der Waals surface area contributed by atoms with Crippen molar-refractivity contribution in [3.63, 3.8) is 0 Å². The molecule has 0 saturated carbocycles. The van der Waals surface area contributed by atoms with Crippen molar-refractivity contribution in [2.24, 2.45) is 0 Å². The van der Waals surface area contributed by atoms with Gasteiger partial charge in [-0.2, -0.15) is 26.3 Å². The van der Waals surface area contributed by atoms with Crippen LogP contribution in [0, 0.1) is 0 Å². The molecule has 4 aromatic carbocycles. The molecule has 7 aromatic rings. The Morgan fingerprint density at radius 1 is 0.338 bits per heavy atom. The zero-order valence-corrected chi connectivity index (χ0v) is 38.1. The van der Waals surface area contributed by atoms with Crippen molar-refractivity contribution in [2.45, 2.75) is 17.8 Å². The van der Waals surface area contributed by atoms with Gasteiger partial charge >= 0.3 is 17.8 Å². The van der Waals surface area contributed by atoms with Gasteiger partial charge in [0.25, 0.3) is 0 Å². The number of aromatic amines is 2. The SMILES string of the molecule is FC1(F)C2=C(c3nc2c(-c2c(Cl)cccc2Cl)c2nc(c(-c4c(Cl)cccc4Cl)c4ccc([nH]4)c(-c4c(Cl)cccc4Cl)c4ccc([nH]4)c3-c3c(Cl)cccc3Cl)C=C2)C(F)(F)C1(F)F. The summed E-state index contributed by atoms with van der Waals surface area (Å²) in [7, 11) is 0. The van der Waals surface area contributed by atoms with Crippen LogP contribution in [-0.2, 0) is 0 Å². The van der Waals surface area contributed by atoms with Gasteiger partial charge in [0.2, 0.25) is 0 Å². The van der Waals surface area contributed by atoms with E-state index in [1.54, 1.807) is 48.5 Å². The third-order valence-electron chi connectivity index (χ3n) is 11.3. The van der Waals surface area contributed by atoms with Gasteiger partial charge < -0.3 is 9.97 Å². The summed E-state index contributed by atoms with van der Waals surface area (Å²) in [5, 5.41) is 0.0720. The summed E-state index contributed by atoms with van der Waals surface area (Å²) < 4.78 is 99.2. The zero-order valence-electron chi connectivity index (χ0n) is 32.1. The van der Waals surface area contributed by atoms with Gasteiger partial charge in [0.05, 0.1) is 74.1 Å². The molecule has 326 valence electrons. The van der Waals surface area contributed by atoms with E-state index in [1.807, 2.05) is 0 Å². The van der Waals surface area contributed by atoms with Gasteiger partial charge in [-0.05, 0) is 84.9 Å². The number of hydrogen-bond acceptors (Lipinski definition) is 2. The van der Waals surface area contributed by atoms with Gasteiger partial charge in [0.1, 0.15) is 0 Å². The number of nitrogens with zero attached hydrogens (tertiary/aromatic N) is 2. The topological polar surface area (TPSA) is 57.4 Å². The summed E-state index contributed by atoms with van der Waals surface area (Å²) in [6.07, 6.45) is 2.83. The van der Waals surface area contributed by atoms with Gasteiger partial charge in [0, 0.05) is 66.6 Å². The van der Waals surface area contributed by atoms with Gasteiger partial charge in [-0.25, -0.2) is 9.97 Å². The first-order valence-electron chi connectivity index (χ1n) is 19.0. The van der Waals surface area contributed by atoms with E-state index in [0.717, 1.165) is 0 Å². The van der Waals surface area contributed by atoms with Crippen LogP contribution in [0.4, 0.5) is 26.3 Å². The maximum Gasteiger partial charge on any atom is 0.380 e. The smallest absolute Gasteiger partial charge is 0.354 e. The summed E-state index contributed by atoms with van der Waals surface area (Å²) >= 11 is 54.7. The molecule has 0 spiro atoms. The highest BCUT2D eigenvalue weighted by molar-refractivity contribution is 6.42. The van der Waals surface area contributed by atoms with Gasteiger partial charge in [-0.15, -0.1) is 0 Å². The second-order valence-corrected chi connectivity index (χ2v) is 18.2. The molecule has 10 rings (SSSR count). The lowest BCUT2D eigenvalue weighted by Crippen LogP contribution is -2.49. The van der Waals surface area contributed by atoms with E-state index < -0.39 is 51.4 Å². The third-order valence-corrected chi connectivity index (χ3v) is 13.8. The Morgan fingerprint density at radius 3 is 1.03 bits per heavy atom. The fourth-order valence-electron chi connectivity index (χ4n) is 8.47. The Kier molecular flexibility index (Phi) is 10.7. The number of nitrogens with one attached hydrogen (secondary N) is 2. The molecular weight excluding hydrogens is 1020 g/mol. The minimum Gasteiger partial charge on any atom is -0.354 e. The molecule has 0 atom stereocenters. The minimum atomic E-state index is -6.00. The van der Waals surface area contributed by atoms with Crippen LogP contribution in [0.15, 0.2) is 97.1 Å². The molecule has 8 bridgehead atoms. The van der Waals surface area contributed by atoms with Gasteiger partial charge in [-0.1, -0.05) is 117 Å². The Labute approximate surface area is 404 Å². The highest BCUT2D eigenvalue weighted by atomic mass is 35.5. The Bertz CT molecular complexity index is 3410. The van der Waals surface area contributed by atoms with Crippen LogP contribution in [-0.4, -0.2) is 37.7 Å². The monoisotopic (exact) mass is 1030 g/mol. The van der Waals surface area contributed by atoms with E-state index in [2.05, 4.69) is 15.0 Å². The van der Waals surface area contributed by atoms with Crippen LogP contribution in [0.25, 0.3) is 89.9 Å². The van der Waals surface area contributed by atoms with Crippen LogP contribution in [0.2, 0.25) is 40.2 Å². The van der Waals surface area contributed by atoms with Gasteiger partial charge in [0.15, 0.2) is 0 Å². The Balaban J connectivity index is 1.54. The number of H-pyrrole nitrogens is 2. The average Bonchev–Trinajstić information content (AvgIpc) is 4.09. The van der Waals surface area contributed by atoms with Crippen LogP contribution in [0.3, 0.4) is 0 Å². The van der Waals surface area contributed by atoms with E-state index in [-0.39, 0.29) is 84.9 Å². The van der Waals surface area contributed by atoms with E-state index in [4.69, 9.17) is 97.8 Å². The fourth-order valence-corrected chi connectivity index (χ4v) is 10.8. The van der Waals surface area contributed by atoms with Crippen molar-refractivity contribution in [1.82, 2.24) is 19.9 Å². The van der Waals surface area contributed by atoms with Crippen molar-refractivity contribution in [3.8, 4) is 44.5 Å². The predicted octanol–water partition coefficient (Wildman–Crippen LogP) is 18.2. The third kappa shape index (κ3) is 6.58. The van der Waals surface area contributed by atoms with Crippen molar-refractivity contribution >= 4 is 138 Å². The molecule has 2 N–H and O–H groups in total. The van der Waals surface area contributed by atoms with Crippen molar-refractivity contribution in [1.29, 1.82) is 0 Å². The number of allylic oxidation sites excluding steroid dienone is 2.